The van der Waals surface area contributed by atoms with Crippen molar-refractivity contribution in [3.63, 3.8) is 0 Å². The number of anilines is 1. The van der Waals surface area contributed by atoms with E-state index < -0.39 is 0 Å². The van der Waals surface area contributed by atoms with Crippen LogP contribution in [0.15, 0.2) is 18.7 Å². The molecule has 5 nitrogen and oxygen atoms in total. The third kappa shape index (κ3) is 2.13. The van der Waals surface area contributed by atoms with E-state index in [4.69, 9.17) is 14.2 Å². The molecular weight excluding hydrogens is 270 g/mol. The van der Waals surface area contributed by atoms with Gasteiger partial charge in [0, 0.05) is 18.2 Å². The molecule has 1 aromatic rings. The average molecular weight is 289 g/mol. The van der Waals surface area contributed by atoms with Crippen molar-refractivity contribution in [2.75, 3.05) is 25.2 Å². The van der Waals surface area contributed by atoms with Crippen molar-refractivity contribution >= 4 is 11.7 Å². The van der Waals surface area contributed by atoms with Crippen molar-refractivity contribution in [3.8, 4) is 17.2 Å². The minimum absolute atomic E-state index is 0.169. The predicted octanol–water partition coefficient (Wildman–Crippen LogP) is 2.46. The Kier molecular flexibility index (Phi) is 3.49. The molecule has 2 heterocycles. The molecule has 0 amide bonds. The Morgan fingerprint density at radius 1 is 1.57 bits per heavy atom. The minimum Gasteiger partial charge on any atom is -0.492 e. The number of carbonyl (C=O) groups is 1. The van der Waals surface area contributed by atoms with E-state index in [0.717, 1.165) is 30.6 Å². The first-order valence-corrected chi connectivity index (χ1v) is 7.11. The largest absolute Gasteiger partial charge is 0.492 e. The lowest BCUT2D eigenvalue weighted by Gasteiger charge is -2.33. The molecule has 2 aliphatic rings. The molecule has 1 saturated heterocycles. The summed E-state index contributed by atoms with van der Waals surface area (Å²) in [4.78, 5) is 14.2. The van der Waals surface area contributed by atoms with Crippen LogP contribution >= 0.6 is 0 Å². The topological polar surface area (TPSA) is 48.0 Å². The zero-order valence-corrected chi connectivity index (χ0v) is 12.3. The van der Waals surface area contributed by atoms with Gasteiger partial charge in [-0.25, -0.2) is 4.79 Å². The molecule has 0 radical (unpaired) electrons. The maximum absolute atomic E-state index is 12.1. The van der Waals surface area contributed by atoms with E-state index in [9.17, 15) is 4.79 Å². The standard InChI is InChI=1S/C16H19NO4/c1-4-8-20-13-9-12-14(10(2)15(13)19-3)21-16(18)11-6-5-7-17(11)12/h4,9,11H,1,5-8H2,2-3H3. The summed E-state index contributed by atoms with van der Waals surface area (Å²) in [6, 6.07) is 1.73. The van der Waals surface area contributed by atoms with Gasteiger partial charge in [-0.3, -0.25) is 0 Å². The summed E-state index contributed by atoms with van der Waals surface area (Å²) in [6.45, 7) is 6.80. The van der Waals surface area contributed by atoms with Crippen LogP contribution in [-0.4, -0.2) is 32.3 Å². The highest BCUT2D eigenvalue weighted by Crippen LogP contribution is 2.48. The van der Waals surface area contributed by atoms with E-state index in [2.05, 4.69) is 11.5 Å². The Balaban J connectivity index is 2.11. The fourth-order valence-electron chi connectivity index (χ4n) is 3.06. The molecule has 1 unspecified atom stereocenters. The van der Waals surface area contributed by atoms with Crippen LogP contribution in [0, 0.1) is 6.92 Å². The van der Waals surface area contributed by atoms with Crippen LogP contribution in [0.4, 0.5) is 5.69 Å². The molecule has 3 rings (SSSR count). The number of hydrogen-bond acceptors (Lipinski definition) is 5. The second-order valence-electron chi connectivity index (χ2n) is 5.25. The molecule has 1 fully saturated rings. The van der Waals surface area contributed by atoms with Gasteiger partial charge in [-0.2, -0.15) is 0 Å². The summed E-state index contributed by atoms with van der Waals surface area (Å²) in [6.07, 6.45) is 3.52. The van der Waals surface area contributed by atoms with Crippen molar-refractivity contribution < 1.29 is 19.0 Å². The lowest BCUT2D eigenvalue weighted by atomic mass is 10.1. The van der Waals surface area contributed by atoms with Crippen molar-refractivity contribution in [2.45, 2.75) is 25.8 Å². The van der Waals surface area contributed by atoms with Crippen LogP contribution < -0.4 is 19.1 Å². The van der Waals surface area contributed by atoms with Crippen molar-refractivity contribution in [1.29, 1.82) is 0 Å². The smallest absolute Gasteiger partial charge is 0.334 e. The van der Waals surface area contributed by atoms with Crippen molar-refractivity contribution in [2.24, 2.45) is 0 Å². The van der Waals surface area contributed by atoms with Gasteiger partial charge in [0.15, 0.2) is 17.2 Å². The van der Waals surface area contributed by atoms with E-state index in [1.807, 2.05) is 13.0 Å². The van der Waals surface area contributed by atoms with E-state index >= 15 is 0 Å². The molecule has 21 heavy (non-hydrogen) atoms. The Morgan fingerprint density at radius 3 is 3.10 bits per heavy atom. The van der Waals surface area contributed by atoms with Gasteiger partial charge in [0.05, 0.1) is 12.8 Å². The molecule has 1 aromatic carbocycles. The van der Waals surface area contributed by atoms with Gasteiger partial charge < -0.3 is 19.1 Å². The van der Waals surface area contributed by atoms with E-state index in [0.29, 0.717) is 23.9 Å². The fraction of sp³-hybridized carbons (Fsp3) is 0.438. The minimum atomic E-state index is -0.176. The maximum atomic E-state index is 12.1. The number of nitrogens with zero attached hydrogens (tertiary/aromatic N) is 1. The van der Waals surface area contributed by atoms with Gasteiger partial charge in [0.1, 0.15) is 12.6 Å². The van der Waals surface area contributed by atoms with Crippen LogP contribution in [0.1, 0.15) is 18.4 Å². The summed E-state index contributed by atoms with van der Waals surface area (Å²) in [5, 5.41) is 0. The van der Waals surface area contributed by atoms with Gasteiger partial charge in [-0.15, -0.1) is 0 Å². The number of rotatable bonds is 4. The predicted molar refractivity (Wildman–Crippen MR) is 79.4 cm³/mol. The second-order valence-corrected chi connectivity index (χ2v) is 5.25. The number of methoxy groups -OCH3 is 1. The molecule has 0 aliphatic carbocycles. The Morgan fingerprint density at radius 2 is 2.38 bits per heavy atom. The molecule has 0 spiro atoms. The first kappa shape index (κ1) is 13.8. The maximum Gasteiger partial charge on any atom is 0.334 e. The lowest BCUT2D eigenvalue weighted by Crippen LogP contribution is -2.42. The molecule has 2 aliphatic heterocycles. The Bertz CT molecular complexity index is 596. The highest BCUT2D eigenvalue weighted by Gasteiger charge is 2.40. The van der Waals surface area contributed by atoms with Gasteiger partial charge in [0.2, 0.25) is 0 Å². The zero-order chi connectivity index (χ0) is 15.0. The molecule has 5 heteroatoms. The van der Waals surface area contributed by atoms with E-state index in [1.54, 1.807) is 13.2 Å². The number of ether oxygens (including phenoxy) is 3. The molecule has 0 saturated carbocycles. The number of carbonyl (C=O) groups excluding carboxylic acids is 1. The Labute approximate surface area is 124 Å². The van der Waals surface area contributed by atoms with Crippen LogP contribution in [0.25, 0.3) is 0 Å². The fourth-order valence-corrected chi connectivity index (χ4v) is 3.06. The number of benzene rings is 1. The molecular formula is C16H19NO4. The molecule has 1 atom stereocenters. The summed E-state index contributed by atoms with van der Waals surface area (Å²) >= 11 is 0. The molecule has 112 valence electrons. The number of esters is 1. The monoisotopic (exact) mass is 289 g/mol. The third-order valence-corrected chi connectivity index (χ3v) is 4.00. The number of fused-ring (bicyclic) bond motifs is 3. The SMILES string of the molecule is C=CCOc1cc2c(c(C)c1OC)OC(=O)C1CCCN21. The lowest BCUT2D eigenvalue weighted by molar-refractivity contribution is -0.136. The van der Waals surface area contributed by atoms with Crippen molar-refractivity contribution in [3.05, 3.63) is 24.3 Å². The highest BCUT2D eigenvalue weighted by molar-refractivity contribution is 5.90. The van der Waals surface area contributed by atoms with E-state index in [-0.39, 0.29) is 12.0 Å². The third-order valence-electron chi connectivity index (χ3n) is 4.00. The molecule has 0 N–H and O–H groups in total. The van der Waals surface area contributed by atoms with E-state index in [1.165, 1.54) is 0 Å². The van der Waals surface area contributed by atoms with Gasteiger partial charge in [-0.05, 0) is 19.8 Å². The highest BCUT2D eigenvalue weighted by atomic mass is 16.5. The summed E-state index contributed by atoms with van der Waals surface area (Å²) < 4.78 is 16.6. The normalized spacial score (nSPS) is 19.6. The van der Waals surface area contributed by atoms with Gasteiger partial charge >= 0.3 is 5.97 Å². The Hall–Kier alpha value is -2.17. The van der Waals surface area contributed by atoms with Crippen LogP contribution in [0.3, 0.4) is 0 Å². The first-order chi connectivity index (χ1) is 10.2. The zero-order valence-electron chi connectivity index (χ0n) is 12.3. The average Bonchev–Trinajstić information content (AvgIpc) is 2.97. The van der Waals surface area contributed by atoms with Gasteiger partial charge in [0.25, 0.3) is 0 Å². The van der Waals surface area contributed by atoms with Gasteiger partial charge in [-0.1, -0.05) is 12.7 Å². The quantitative estimate of drug-likeness (QED) is 0.484. The molecule has 0 bridgehead atoms. The second kappa shape index (κ2) is 5.31. The van der Waals surface area contributed by atoms with Crippen LogP contribution in [0.5, 0.6) is 17.2 Å². The summed E-state index contributed by atoms with van der Waals surface area (Å²) in [5.41, 5.74) is 1.70. The van der Waals surface area contributed by atoms with Crippen LogP contribution in [0.2, 0.25) is 0 Å². The summed E-state index contributed by atoms with van der Waals surface area (Å²) in [5.74, 6) is 1.66. The van der Waals surface area contributed by atoms with Crippen LogP contribution in [-0.2, 0) is 4.79 Å². The first-order valence-electron chi connectivity index (χ1n) is 7.11. The van der Waals surface area contributed by atoms with Crippen molar-refractivity contribution in [1.82, 2.24) is 0 Å². The number of hydrogen-bond donors (Lipinski definition) is 0. The summed E-state index contributed by atoms with van der Waals surface area (Å²) in [7, 11) is 1.58. The molecule has 0 aromatic heterocycles.